The Balaban J connectivity index is 1.73. The van der Waals surface area contributed by atoms with Gasteiger partial charge in [0.25, 0.3) is 5.91 Å². The number of ether oxygens (including phenoxy) is 1. The van der Waals surface area contributed by atoms with E-state index in [1.54, 1.807) is 6.07 Å². The molecule has 3 rings (SSSR count). The quantitative estimate of drug-likeness (QED) is 0.699. The van der Waals surface area contributed by atoms with Gasteiger partial charge in [0.15, 0.2) is 0 Å². The Morgan fingerprint density at radius 3 is 2.33 bits per heavy atom. The van der Waals surface area contributed by atoms with Gasteiger partial charge in [-0.2, -0.15) is 4.31 Å². The van der Waals surface area contributed by atoms with Crippen LogP contribution in [0.3, 0.4) is 0 Å². The molecular formula is C21H23ClN2O5S. The third kappa shape index (κ3) is 4.83. The van der Waals surface area contributed by atoms with Crippen LogP contribution in [0.1, 0.15) is 40.5 Å². The van der Waals surface area contributed by atoms with Crippen LogP contribution in [0.5, 0.6) is 0 Å². The van der Waals surface area contributed by atoms with Gasteiger partial charge in [-0.3, -0.25) is 4.79 Å². The number of amides is 1. The molecule has 9 heteroatoms. The second kappa shape index (κ2) is 9.16. The standard InChI is InChI=1S/C21H23ClN2O5S/c1-14-9-11-24(12-10-14)30(27,28)17-6-3-15(4-7-17)20(25)23-16-5-8-19(22)18(13-16)21(26)29-2/h3-8,13-14H,9-12H2,1-2H3,(H,23,25). The van der Waals surface area contributed by atoms with Crippen LogP contribution < -0.4 is 5.32 Å². The van der Waals surface area contributed by atoms with Gasteiger partial charge in [0.1, 0.15) is 0 Å². The van der Waals surface area contributed by atoms with E-state index in [9.17, 15) is 18.0 Å². The second-order valence-corrected chi connectivity index (χ2v) is 9.60. The van der Waals surface area contributed by atoms with Crippen molar-refractivity contribution < 1.29 is 22.7 Å². The Hall–Kier alpha value is -2.42. The molecule has 0 unspecified atom stereocenters. The predicted octanol–water partition coefficient (Wildman–Crippen LogP) is 3.80. The molecule has 2 aromatic rings. The summed E-state index contributed by atoms with van der Waals surface area (Å²) in [5.41, 5.74) is 0.786. The van der Waals surface area contributed by atoms with E-state index in [1.807, 2.05) is 0 Å². The Bertz CT molecular complexity index is 1050. The molecule has 2 aromatic carbocycles. The first kappa shape index (κ1) is 22.3. The fraction of sp³-hybridized carbons (Fsp3) is 0.333. The molecule has 1 amide bonds. The lowest BCUT2D eigenvalue weighted by atomic mass is 10.0. The number of carbonyl (C=O) groups excluding carboxylic acids is 2. The van der Waals surface area contributed by atoms with Gasteiger partial charge in [-0.05, 0) is 61.2 Å². The first-order chi connectivity index (χ1) is 14.2. The van der Waals surface area contributed by atoms with Crippen molar-refractivity contribution in [3.05, 3.63) is 58.6 Å². The van der Waals surface area contributed by atoms with Crippen LogP contribution in [-0.2, 0) is 14.8 Å². The van der Waals surface area contributed by atoms with Gasteiger partial charge in [0, 0.05) is 24.3 Å². The van der Waals surface area contributed by atoms with Crippen LogP contribution in [-0.4, -0.2) is 44.8 Å². The van der Waals surface area contributed by atoms with Gasteiger partial charge in [0.05, 0.1) is 22.6 Å². The third-order valence-electron chi connectivity index (χ3n) is 5.13. The van der Waals surface area contributed by atoms with Gasteiger partial charge in [-0.1, -0.05) is 18.5 Å². The minimum atomic E-state index is -3.57. The zero-order valence-electron chi connectivity index (χ0n) is 16.7. The summed E-state index contributed by atoms with van der Waals surface area (Å²) < 4.78 is 31.7. The van der Waals surface area contributed by atoms with Crippen LogP contribution in [0.15, 0.2) is 47.4 Å². The molecule has 0 aliphatic carbocycles. The van der Waals surface area contributed by atoms with E-state index < -0.39 is 21.9 Å². The first-order valence-electron chi connectivity index (χ1n) is 9.52. The second-order valence-electron chi connectivity index (χ2n) is 7.25. The highest BCUT2D eigenvalue weighted by molar-refractivity contribution is 7.89. The number of nitrogens with one attached hydrogen (secondary N) is 1. The molecular weight excluding hydrogens is 428 g/mol. The number of halogens is 1. The summed E-state index contributed by atoms with van der Waals surface area (Å²) in [6.45, 7) is 3.13. The number of carbonyl (C=O) groups is 2. The van der Waals surface area contributed by atoms with Gasteiger partial charge in [-0.15, -0.1) is 0 Å². The molecule has 0 radical (unpaired) electrons. The van der Waals surface area contributed by atoms with Gasteiger partial charge in [-0.25, -0.2) is 13.2 Å². The van der Waals surface area contributed by atoms with Crippen molar-refractivity contribution in [2.24, 2.45) is 5.92 Å². The summed E-state index contributed by atoms with van der Waals surface area (Å²) in [6, 6.07) is 10.3. The zero-order valence-corrected chi connectivity index (χ0v) is 18.3. The number of sulfonamides is 1. The number of esters is 1. The predicted molar refractivity (Wildman–Crippen MR) is 114 cm³/mol. The molecule has 1 N–H and O–H groups in total. The maximum Gasteiger partial charge on any atom is 0.339 e. The summed E-state index contributed by atoms with van der Waals surface area (Å²) >= 11 is 5.98. The molecule has 1 aliphatic heterocycles. The normalized spacial score (nSPS) is 15.6. The molecule has 1 saturated heterocycles. The molecule has 0 atom stereocenters. The summed E-state index contributed by atoms with van der Waals surface area (Å²) in [7, 11) is -2.33. The molecule has 160 valence electrons. The maximum atomic E-state index is 12.8. The molecule has 0 saturated carbocycles. The fourth-order valence-corrected chi connectivity index (χ4v) is 4.89. The number of hydrogen-bond donors (Lipinski definition) is 1. The van der Waals surface area contributed by atoms with E-state index in [-0.39, 0.29) is 21.0 Å². The molecule has 0 aromatic heterocycles. The van der Waals surface area contributed by atoms with E-state index in [4.69, 9.17) is 11.6 Å². The van der Waals surface area contributed by atoms with Gasteiger partial charge < -0.3 is 10.1 Å². The Morgan fingerprint density at radius 1 is 1.10 bits per heavy atom. The van der Waals surface area contributed by atoms with Crippen LogP contribution in [0.2, 0.25) is 5.02 Å². The number of anilines is 1. The number of piperidine rings is 1. The molecule has 0 bridgehead atoms. The van der Waals surface area contributed by atoms with E-state index in [0.29, 0.717) is 24.7 Å². The highest BCUT2D eigenvalue weighted by Crippen LogP contribution is 2.25. The number of rotatable bonds is 5. The topological polar surface area (TPSA) is 92.8 Å². The Labute approximate surface area is 181 Å². The van der Waals surface area contributed by atoms with E-state index in [2.05, 4.69) is 17.0 Å². The number of nitrogens with zero attached hydrogens (tertiary/aromatic N) is 1. The molecule has 7 nitrogen and oxygen atoms in total. The minimum Gasteiger partial charge on any atom is -0.465 e. The van der Waals surface area contributed by atoms with Crippen molar-refractivity contribution in [3.8, 4) is 0 Å². The molecule has 0 spiro atoms. The van der Waals surface area contributed by atoms with Gasteiger partial charge in [0.2, 0.25) is 10.0 Å². The third-order valence-corrected chi connectivity index (χ3v) is 7.37. The van der Waals surface area contributed by atoms with E-state index in [1.165, 1.54) is 47.8 Å². The van der Waals surface area contributed by atoms with Crippen molar-refractivity contribution in [2.45, 2.75) is 24.7 Å². The van der Waals surface area contributed by atoms with E-state index in [0.717, 1.165) is 12.8 Å². The van der Waals surface area contributed by atoms with Crippen LogP contribution in [0, 0.1) is 5.92 Å². The largest absolute Gasteiger partial charge is 0.465 e. The highest BCUT2D eigenvalue weighted by Gasteiger charge is 2.28. The van der Waals surface area contributed by atoms with Crippen molar-refractivity contribution in [1.82, 2.24) is 4.31 Å². The van der Waals surface area contributed by atoms with E-state index >= 15 is 0 Å². The van der Waals surface area contributed by atoms with Crippen molar-refractivity contribution >= 4 is 39.2 Å². The van der Waals surface area contributed by atoms with Crippen LogP contribution >= 0.6 is 11.6 Å². The molecule has 1 heterocycles. The lowest BCUT2D eigenvalue weighted by molar-refractivity contribution is 0.0600. The Morgan fingerprint density at radius 2 is 1.73 bits per heavy atom. The minimum absolute atomic E-state index is 0.134. The average molecular weight is 451 g/mol. The summed E-state index contributed by atoms with van der Waals surface area (Å²) in [5, 5.41) is 2.88. The van der Waals surface area contributed by atoms with Crippen LogP contribution in [0.4, 0.5) is 5.69 Å². The lowest BCUT2D eigenvalue weighted by Gasteiger charge is -2.29. The average Bonchev–Trinajstić information content (AvgIpc) is 2.75. The smallest absolute Gasteiger partial charge is 0.339 e. The molecule has 30 heavy (non-hydrogen) atoms. The lowest BCUT2D eigenvalue weighted by Crippen LogP contribution is -2.37. The maximum absolute atomic E-state index is 12.8. The summed E-state index contributed by atoms with van der Waals surface area (Å²) in [4.78, 5) is 24.4. The number of methoxy groups -OCH3 is 1. The Kier molecular flexibility index (Phi) is 6.80. The summed E-state index contributed by atoms with van der Waals surface area (Å²) in [6.07, 6.45) is 1.68. The van der Waals surface area contributed by atoms with Crippen LogP contribution in [0.25, 0.3) is 0 Å². The monoisotopic (exact) mass is 450 g/mol. The number of hydrogen-bond acceptors (Lipinski definition) is 5. The zero-order chi connectivity index (χ0) is 21.9. The number of benzene rings is 2. The summed E-state index contributed by atoms with van der Waals surface area (Å²) in [5.74, 6) is -0.531. The van der Waals surface area contributed by atoms with Crippen molar-refractivity contribution in [2.75, 3.05) is 25.5 Å². The van der Waals surface area contributed by atoms with Crippen molar-refractivity contribution in [1.29, 1.82) is 0 Å². The molecule has 1 aliphatic rings. The first-order valence-corrected chi connectivity index (χ1v) is 11.3. The fourth-order valence-electron chi connectivity index (χ4n) is 3.23. The molecule has 1 fully saturated rings. The van der Waals surface area contributed by atoms with Gasteiger partial charge >= 0.3 is 5.97 Å². The highest BCUT2D eigenvalue weighted by atomic mass is 35.5. The SMILES string of the molecule is COC(=O)c1cc(NC(=O)c2ccc(S(=O)(=O)N3CCC(C)CC3)cc2)ccc1Cl. The van der Waals surface area contributed by atoms with Crippen molar-refractivity contribution in [3.63, 3.8) is 0 Å².